The predicted octanol–water partition coefficient (Wildman–Crippen LogP) is 3.78. The Hall–Kier alpha value is -2.85. The fourth-order valence-electron chi connectivity index (χ4n) is 2.67. The second kappa shape index (κ2) is 7.81. The van der Waals surface area contributed by atoms with Crippen LogP contribution in [0.4, 0.5) is 5.69 Å². The third-order valence-electron chi connectivity index (χ3n) is 4.04. The Morgan fingerprint density at radius 2 is 1.76 bits per heavy atom. The van der Waals surface area contributed by atoms with Gasteiger partial charge in [-0.1, -0.05) is 48.5 Å². The Balaban J connectivity index is 1.68. The number of aliphatic hydroxyl groups is 1. The summed E-state index contributed by atoms with van der Waals surface area (Å²) in [5, 5.41) is 13.8. The molecule has 0 aliphatic carbocycles. The largest absolute Gasteiger partial charge is 0.480 e. The molecule has 25 heavy (non-hydrogen) atoms. The average Bonchev–Trinajstić information content (AvgIpc) is 2.64. The number of hydrogen-bond donors (Lipinski definition) is 2. The predicted molar refractivity (Wildman–Crippen MR) is 99.9 cm³/mol. The first-order valence-corrected chi connectivity index (χ1v) is 8.32. The zero-order chi connectivity index (χ0) is 17.6. The van der Waals surface area contributed by atoms with Gasteiger partial charge in [-0.15, -0.1) is 0 Å². The van der Waals surface area contributed by atoms with E-state index < -0.39 is 6.10 Å². The van der Waals surface area contributed by atoms with Gasteiger partial charge in [0.25, 0.3) is 5.91 Å². The molecule has 0 bridgehead atoms. The lowest BCUT2D eigenvalue weighted by Gasteiger charge is -2.16. The van der Waals surface area contributed by atoms with Gasteiger partial charge in [-0.05, 0) is 42.5 Å². The van der Waals surface area contributed by atoms with Crippen LogP contribution in [0, 0.1) is 0 Å². The minimum Gasteiger partial charge on any atom is -0.480 e. The van der Waals surface area contributed by atoms with Gasteiger partial charge >= 0.3 is 0 Å². The molecule has 1 atom stereocenters. The smallest absolute Gasteiger partial charge is 0.265 e. The monoisotopic (exact) mass is 335 g/mol. The quantitative estimate of drug-likeness (QED) is 0.721. The van der Waals surface area contributed by atoms with Crippen LogP contribution in [-0.2, 0) is 11.2 Å². The van der Waals surface area contributed by atoms with Crippen molar-refractivity contribution in [2.75, 3.05) is 11.9 Å². The summed E-state index contributed by atoms with van der Waals surface area (Å²) in [6.45, 7) is 1.85. The van der Waals surface area contributed by atoms with Gasteiger partial charge in [0.2, 0.25) is 0 Å². The summed E-state index contributed by atoms with van der Waals surface area (Å²) in [5.41, 5.74) is 1.74. The molecule has 0 heterocycles. The van der Waals surface area contributed by atoms with Gasteiger partial charge in [0, 0.05) is 17.7 Å². The number of nitrogens with one attached hydrogen (secondary N) is 1. The molecule has 4 nitrogen and oxygen atoms in total. The van der Waals surface area contributed by atoms with Crippen molar-refractivity contribution in [1.29, 1.82) is 0 Å². The summed E-state index contributed by atoms with van der Waals surface area (Å²) in [6.07, 6.45) is -0.0163. The van der Waals surface area contributed by atoms with Gasteiger partial charge in [0.15, 0.2) is 6.10 Å². The maximum Gasteiger partial charge on any atom is 0.265 e. The van der Waals surface area contributed by atoms with Crippen molar-refractivity contribution < 1.29 is 14.6 Å². The van der Waals surface area contributed by atoms with Gasteiger partial charge in [-0.3, -0.25) is 4.79 Å². The normalized spacial score (nSPS) is 11.9. The van der Waals surface area contributed by atoms with Crippen LogP contribution in [0.5, 0.6) is 5.75 Å². The molecule has 1 amide bonds. The van der Waals surface area contributed by atoms with E-state index in [1.807, 2.05) is 66.7 Å². The molecule has 0 spiro atoms. The topological polar surface area (TPSA) is 58.6 Å². The minimum absolute atomic E-state index is 0.113. The number of ether oxygens (including phenoxy) is 1. The molecule has 0 radical (unpaired) electrons. The molecule has 4 heteroatoms. The fourth-order valence-corrected chi connectivity index (χ4v) is 2.67. The zero-order valence-corrected chi connectivity index (χ0v) is 14.1. The number of fused-ring (bicyclic) bond motifs is 1. The van der Waals surface area contributed by atoms with Crippen molar-refractivity contribution in [2.24, 2.45) is 0 Å². The highest BCUT2D eigenvalue weighted by molar-refractivity contribution is 5.95. The molecule has 0 aliphatic rings. The number of anilines is 1. The van der Waals surface area contributed by atoms with E-state index in [9.17, 15) is 4.79 Å². The van der Waals surface area contributed by atoms with Crippen molar-refractivity contribution >= 4 is 22.4 Å². The summed E-state index contributed by atoms with van der Waals surface area (Å²) >= 11 is 0. The number of aliphatic hydroxyl groups excluding tert-OH is 1. The van der Waals surface area contributed by atoms with Crippen molar-refractivity contribution in [3.63, 3.8) is 0 Å². The highest BCUT2D eigenvalue weighted by Crippen LogP contribution is 2.26. The number of carbonyl (C=O) groups excluding carboxylic acids is 1. The summed E-state index contributed by atoms with van der Waals surface area (Å²) in [6, 6.07) is 21.2. The van der Waals surface area contributed by atoms with Crippen LogP contribution in [0.1, 0.15) is 12.5 Å². The van der Waals surface area contributed by atoms with Crippen molar-refractivity contribution in [2.45, 2.75) is 19.4 Å². The lowest BCUT2D eigenvalue weighted by atomic mass is 10.1. The summed E-state index contributed by atoms with van der Waals surface area (Å²) in [5.74, 6) is 0.488. The first-order chi connectivity index (χ1) is 12.2. The molecular formula is C21H21NO3. The van der Waals surface area contributed by atoms with Gasteiger partial charge < -0.3 is 15.2 Å². The Bertz CT molecular complexity index is 853. The van der Waals surface area contributed by atoms with E-state index in [4.69, 9.17) is 9.84 Å². The highest BCUT2D eigenvalue weighted by atomic mass is 16.5. The number of carbonyl (C=O) groups is 1. The fraction of sp³-hybridized carbons (Fsp3) is 0.190. The maximum atomic E-state index is 12.4. The van der Waals surface area contributed by atoms with E-state index in [0.717, 1.165) is 16.3 Å². The van der Waals surface area contributed by atoms with Crippen LogP contribution < -0.4 is 10.1 Å². The number of amides is 1. The van der Waals surface area contributed by atoms with Crippen LogP contribution in [0.2, 0.25) is 0 Å². The molecule has 3 aromatic rings. The van der Waals surface area contributed by atoms with E-state index in [0.29, 0.717) is 17.9 Å². The van der Waals surface area contributed by atoms with Crippen LogP contribution in [0.25, 0.3) is 10.8 Å². The number of rotatable bonds is 6. The molecule has 0 unspecified atom stereocenters. The van der Waals surface area contributed by atoms with Crippen LogP contribution in [0.3, 0.4) is 0 Å². The van der Waals surface area contributed by atoms with Crippen molar-refractivity contribution in [1.82, 2.24) is 0 Å². The number of benzene rings is 3. The summed E-state index contributed by atoms with van der Waals surface area (Å²) < 4.78 is 5.88. The molecular weight excluding hydrogens is 314 g/mol. The highest BCUT2D eigenvalue weighted by Gasteiger charge is 2.16. The maximum absolute atomic E-state index is 12.4. The molecule has 0 saturated heterocycles. The third-order valence-corrected chi connectivity index (χ3v) is 4.04. The number of hydrogen-bond acceptors (Lipinski definition) is 3. The lowest BCUT2D eigenvalue weighted by molar-refractivity contribution is -0.122. The van der Waals surface area contributed by atoms with E-state index in [1.165, 1.54) is 0 Å². The Morgan fingerprint density at radius 3 is 2.52 bits per heavy atom. The van der Waals surface area contributed by atoms with E-state index in [2.05, 4.69) is 5.32 Å². The van der Waals surface area contributed by atoms with Crippen molar-refractivity contribution in [3.05, 3.63) is 72.3 Å². The first-order valence-electron chi connectivity index (χ1n) is 8.32. The minimum atomic E-state index is -0.622. The van der Waals surface area contributed by atoms with Gasteiger partial charge in [-0.25, -0.2) is 0 Å². The molecule has 3 aromatic carbocycles. The van der Waals surface area contributed by atoms with Crippen LogP contribution >= 0.6 is 0 Å². The average molecular weight is 335 g/mol. The Kier molecular flexibility index (Phi) is 5.31. The molecule has 0 saturated carbocycles. The Morgan fingerprint density at radius 1 is 1.04 bits per heavy atom. The third kappa shape index (κ3) is 4.17. The van der Waals surface area contributed by atoms with Gasteiger partial charge in [0.1, 0.15) is 5.75 Å². The van der Waals surface area contributed by atoms with E-state index in [1.54, 1.807) is 6.92 Å². The summed E-state index contributed by atoms with van der Waals surface area (Å²) in [4.78, 5) is 12.4. The molecule has 0 fully saturated rings. The second-order valence-corrected chi connectivity index (χ2v) is 5.90. The molecule has 0 aliphatic heterocycles. The van der Waals surface area contributed by atoms with Gasteiger partial charge in [-0.2, -0.15) is 0 Å². The summed E-state index contributed by atoms with van der Waals surface area (Å²) in [7, 11) is 0. The molecule has 0 aromatic heterocycles. The lowest BCUT2D eigenvalue weighted by Crippen LogP contribution is -2.30. The molecule has 2 N–H and O–H groups in total. The van der Waals surface area contributed by atoms with Crippen molar-refractivity contribution in [3.8, 4) is 5.75 Å². The Labute approximate surface area is 147 Å². The SMILES string of the molecule is C[C@H](Oc1cccc2ccccc12)C(=O)Nc1ccc(CCO)cc1. The van der Waals surface area contributed by atoms with E-state index >= 15 is 0 Å². The molecule has 3 rings (SSSR count). The standard InChI is InChI=1S/C21H21NO3/c1-15(21(24)22-18-11-9-16(10-12-18)13-14-23)25-20-8-4-6-17-5-2-3-7-19(17)20/h2-12,15,23H,13-14H2,1H3,(H,22,24)/t15-/m0/s1. The van der Waals surface area contributed by atoms with E-state index in [-0.39, 0.29) is 12.5 Å². The molecule has 128 valence electrons. The zero-order valence-electron chi connectivity index (χ0n) is 14.1. The second-order valence-electron chi connectivity index (χ2n) is 5.90. The van der Waals surface area contributed by atoms with Gasteiger partial charge in [0.05, 0.1) is 0 Å². The van der Waals surface area contributed by atoms with Crippen LogP contribution in [0.15, 0.2) is 66.7 Å². The van der Waals surface area contributed by atoms with Crippen LogP contribution in [-0.4, -0.2) is 23.7 Å². The first kappa shape index (κ1) is 17.0.